The summed E-state index contributed by atoms with van der Waals surface area (Å²) in [5.74, 6) is 0.562. The Kier molecular flexibility index (Phi) is 4.13. The molecule has 0 radical (unpaired) electrons. The maximum absolute atomic E-state index is 11.9. The minimum atomic E-state index is -0.270. The number of hydrogen-bond donors (Lipinski definition) is 3. The monoisotopic (exact) mass is 299 g/mol. The standard InChI is InChI=1S/C15H17N5O2/c21-14(18-13-3-1-2-7-16-13)6-8-17-15(22)12-9-11(19-20-12)10-4-5-10/h1-3,7,9-10H,4-6,8H2,(H,17,22)(H,19,20)(H,16,18,21). The largest absolute Gasteiger partial charge is 0.350 e. The van der Waals surface area contributed by atoms with E-state index in [1.807, 2.05) is 0 Å². The second kappa shape index (κ2) is 6.38. The number of amides is 2. The van der Waals surface area contributed by atoms with Gasteiger partial charge in [0.05, 0.1) is 0 Å². The Hall–Kier alpha value is -2.70. The van der Waals surface area contributed by atoms with Crippen molar-refractivity contribution in [3.05, 3.63) is 41.9 Å². The predicted molar refractivity (Wildman–Crippen MR) is 80.4 cm³/mol. The van der Waals surface area contributed by atoms with E-state index < -0.39 is 0 Å². The fourth-order valence-corrected chi connectivity index (χ4v) is 2.08. The molecule has 3 rings (SSSR count). The van der Waals surface area contributed by atoms with Crippen LogP contribution in [0.25, 0.3) is 0 Å². The third-order valence-corrected chi connectivity index (χ3v) is 3.42. The molecule has 0 atom stereocenters. The van der Waals surface area contributed by atoms with Crippen LogP contribution in [0.2, 0.25) is 0 Å². The molecule has 7 nitrogen and oxygen atoms in total. The number of carbonyl (C=O) groups excluding carboxylic acids is 2. The molecule has 1 aliphatic carbocycles. The van der Waals surface area contributed by atoms with Crippen LogP contribution in [0.4, 0.5) is 5.82 Å². The Bertz CT molecular complexity index is 664. The highest BCUT2D eigenvalue weighted by atomic mass is 16.2. The molecule has 1 fully saturated rings. The minimum Gasteiger partial charge on any atom is -0.350 e. The van der Waals surface area contributed by atoms with Crippen LogP contribution in [-0.2, 0) is 4.79 Å². The molecule has 1 aliphatic rings. The Morgan fingerprint density at radius 3 is 2.91 bits per heavy atom. The molecule has 0 spiro atoms. The van der Waals surface area contributed by atoms with Gasteiger partial charge in [-0.2, -0.15) is 5.10 Å². The summed E-state index contributed by atoms with van der Waals surface area (Å²) in [4.78, 5) is 27.6. The lowest BCUT2D eigenvalue weighted by atomic mass is 10.2. The van der Waals surface area contributed by atoms with Crippen LogP contribution in [0.5, 0.6) is 0 Å². The summed E-state index contributed by atoms with van der Waals surface area (Å²) < 4.78 is 0. The van der Waals surface area contributed by atoms with Gasteiger partial charge in [0, 0.05) is 30.8 Å². The van der Waals surface area contributed by atoms with Crippen molar-refractivity contribution >= 4 is 17.6 Å². The molecule has 22 heavy (non-hydrogen) atoms. The molecule has 2 aromatic rings. The number of carbonyl (C=O) groups is 2. The van der Waals surface area contributed by atoms with Gasteiger partial charge in [-0.3, -0.25) is 14.7 Å². The number of anilines is 1. The number of aromatic nitrogens is 3. The minimum absolute atomic E-state index is 0.183. The zero-order chi connectivity index (χ0) is 15.4. The molecule has 0 aromatic carbocycles. The first-order valence-electron chi connectivity index (χ1n) is 7.27. The highest BCUT2D eigenvalue weighted by Gasteiger charge is 2.26. The molecular formula is C15H17N5O2. The van der Waals surface area contributed by atoms with Crippen molar-refractivity contribution in [1.29, 1.82) is 0 Å². The van der Waals surface area contributed by atoms with Crippen molar-refractivity contribution in [3.8, 4) is 0 Å². The number of nitrogens with zero attached hydrogens (tertiary/aromatic N) is 2. The van der Waals surface area contributed by atoms with Crippen molar-refractivity contribution in [2.24, 2.45) is 0 Å². The normalized spacial score (nSPS) is 13.6. The molecule has 0 bridgehead atoms. The van der Waals surface area contributed by atoms with Gasteiger partial charge in [-0.1, -0.05) is 6.07 Å². The molecule has 0 unspecified atom stereocenters. The van der Waals surface area contributed by atoms with E-state index in [2.05, 4.69) is 25.8 Å². The van der Waals surface area contributed by atoms with E-state index in [4.69, 9.17) is 0 Å². The van der Waals surface area contributed by atoms with Crippen molar-refractivity contribution < 1.29 is 9.59 Å². The molecule has 2 heterocycles. The summed E-state index contributed by atoms with van der Waals surface area (Å²) in [6, 6.07) is 7.05. The van der Waals surface area contributed by atoms with Gasteiger partial charge in [0.25, 0.3) is 5.91 Å². The quantitative estimate of drug-likeness (QED) is 0.751. The topological polar surface area (TPSA) is 99.8 Å². The van der Waals surface area contributed by atoms with Crippen LogP contribution in [0.3, 0.4) is 0 Å². The molecule has 1 saturated carbocycles. The van der Waals surface area contributed by atoms with E-state index in [0.29, 0.717) is 17.4 Å². The van der Waals surface area contributed by atoms with Gasteiger partial charge in [0.1, 0.15) is 11.5 Å². The molecule has 114 valence electrons. The molecule has 2 amide bonds. The van der Waals surface area contributed by atoms with E-state index >= 15 is 0 Å². The van der Waals surface area contributed by atoms with Crippen LogP contribution >= 0.6 is 0 Å². The molecular weight excluding hydrogens is 282 g/mol. The molecule has 0 saturated heterocycles. The van der Waals surface area contributed by atoms with Crippen LogP contribution in [-0.4, -0.2) is 33.5 Å². The number of aromatic amines is 1. The second-order valence-electron chi connectivity index (χ2n) is 5.25. The lowest BCUT2D eigenvalue weighted by Crippen LogP contribution is -2.28. The summed E-state index contributed by atoms with van der Waals surface area (Å²) in [6.45, 7) is 0.253. The van der Waals surface area contributed by atoms with E-state index in [1.54, 1.807) is 30.5 Å². The third-order valence-electron chi connectivity index (χ3n) is 3.42. The number of rotatable bonds is 6. The van der Waals surface area contributed by atoms with Crippen LogP contribution in [0.1, 0.15) is 41.4 Å². The first kappa shape index (κ1) is 14.2. The fourth-order valence-electron chi connectivity index (χ4n) is 2.08. The van der Waals surface area contributed by atoms with Gasteiger partial charge in [-0.05, 0) is 31.0 Å². The number of hydrogen-bond acceptors (Lipinski definition) is 4. The molecule has 2 aromatic heterocycles. The second-order valence-corrected chi connectivity index (χ2v) is 5.25. The lowest BCUT2D eigenvalue weighted by molar-refractivity contribution is -0.116. The lowest BCUT2D eigenvalue weighted by Gasteiger charge is -2.04. The van der Waals surface area contributed by atoms with Crippen LogP contribution in [0.15, 0.2) is 30.5 Å². The summed E-state index contributed by atoms with van der Waals surface area (Å²) in [5.41, 5.74) is 1.38. The van der Waals surface area contributed by atoms with Gasteiger partial charge >= 0.3 is 0 Å². The Morgan fingerprint density at radius 1 is 1.32 bits per heavy atom. The first-order valence-corrected chi connectivity index (χ1v) is 7.27. The Morgan fingerprint density at radius 2 is 2.18 bits per heavy atom. The van der Waals surface area contributed by atoms with Gasteiger partial charge < -0.3 is 10.6 Å². The molecule has 7 heteroatoms. The molecule has 0 aliphatic heterocycles. The number of H-pyrrole nitrogens is 1. The Labute approximate surface area is 127 Å². The zero-order valence-electron chi connectivity index (χ0n) is 12.0. The van der Waals surface area contributed by atoms with E-state index in [-0.39, 0.29) is 24.8 Å². The van der Waals surface area contributed by atoms with Gasteiger partial charge in [-0.25, -0.2) is 4.98 Å². The third kappa shape index (κ3) is 3.69. The smallest absolute Gasteiger partial charge is 0.271 e. The highest BCUT2D eigenvalue weighted by Crippen LogP contribution is 2.38. The van der Waals surface area contributed by atoms with Gasteiger partial charge in [0.15, 0.2) is 0 Å². The SMILES string of the molecule is O=C(CCNC(=O)c1cc(C2CC2)[nH]n1)Nc1ccccn1. The van der Waals surface area contributed by atoms with Crippen molar-refractivity contribution in [3.63, 3.8) is 0 Å². The maximum Gasteiger partial charge on any atom is 0.271 e. The van der Waals surface area contributed by atoms with Crippen molar-refractivity contribution in [2.75, 3.05) is 11.9 Å². The summed E-state index contributed by atoms with van der Waals surface area (Å²) in [7, 11) is 0. The zero-order valence-corrected chi connectivity index (χ0v) is 12.0. The summed E-state index contributed by atoms with van der Waals surface area (Å²) >= 11 is 0. The molecule has 3 N–H and O–H groups in total. The van der Waals surface area contributed by atoms with Crippen LogP contribution in [0, 0.1) is 0 Å². The average Bonchev–Trinajstić information content (AvgIpc) is 3.25. The predicted octanol–water partition coefficient (Wildman–Crippen LogP) is 1.44. The maximum atomic E-state index is 11.9. The van der Waals surface area contributed by atoms with E-state index in [9.17, 15) is 9.59 Å². The fraction of sp³-hybridized carbons (Fsp3) is 0.333. The van der Waals surface area contributed by atoms with Crippen molar-refractivity contribution in [2.45, 2.75) is 25.2 Å². The first-order chi connectivity index (χ1) is 10.7. The van der Waals surface area contributed by atoms with Crippen molar-refractivity contribution in [1.82, 2.24) is 20.5 Å². The summed E-state index contributed by atoms with van der Waals surface area (Å²) in [5, 5.41) is 12.2. The van der Waals surface area contributed by atoms with Gasteiger partial charge in [-0.15, -0.1) is 0 Å². The van der Waals surface area contributed by atoms with Crippen LogP contribution < -0.4 is 10.6 Å². The summed E-state index contributed by atoms with van der Waals surface area (Å²) in [6.07, 6.45) is 4.09. The highest BCUT2D eigenvalue weighted by molar-refractivity contribution is 5.93. The number of pyridine rings is 1. The Balaban J connectivity index is 1.42. The van der Waals surface area contributed by atoms with E-state index in [1.165, 1.54) is 0 Å². The van der Waals surface area contributed by atoms with Gasteiger partial charge in [0.2, 0.25) is 5.91 Å². The van der Waals surface area contributed by atoms with E-state index in [0.717, 1.165) is 18.5 Å². The average molecular weight is 299 g/mol. The number of nitrogens with one attached hydrogen (secondary N) is 3.